The minimum absolute atomic E-state index is 0.0411. The summed E-state index contributed by atoms with van der Waals surface area (Å²) in [7, 11) is -3.25. The Balaban J connectivity index is 1.91. The van der Waals surface area contributed by atoms with E-state index in [2.05, 4.69) is 5.32 Å². The average molecular weight is 283 g/mol. The summed E-state index contributed by atoms with van der Waals surface area (Å²) in [4.78, 5) is 20.8. The fourth-order valence-corrected chi connectivity index (χ4v) is 4.47. The van der Waals surface area contributed by atoms with E-state index >= 15 is 0 Å². The molecule has 1 aromatic rings. The van der Waals surface area contributed by atoms with Gasteiger partial charge >= 0.3 is 5.97 Å². The van der Waals surface area contributed by atoms with Crippen molar-refractivity contribution in [2.24, 2.45) is 5.92 Å². The highest BCUT2D eigenvalue weighted by atomic mass is 31.2. The van der Waals surface area contributed by atoms with E-state index in [9.17, 15) is 14.3 Å². The van der Waals surface area contributed by atoms with Crippen molar-refractivity contribution in [3.8, 4) is 0 Å². The molecule has 1 aliphatic heterocycles. The van der Waals surface area contributed by atoms with Crippen molar-refractivity contribution in [1.29, 1.82) is 0 Å². The Hall–Kier alpha value is -1.16. The molecule has 19 heavy (non-hydrogen) atoms. The monoisotopic (exact) mass is 283 g/mol. The van der Waals surface area contributed by atoms with E-state index in [0.29, 0.717) is 13.0 Å². The smallest absolute Gasteiger partial charge is 0.320 e. The predicted octanol–water partition coefficient (Wildman–Crippen LogP) is 1.52. The van der Waals surface area contributed by atoms with Gasteiger partial charge < -0.3 is 15.3 Å². The zero-order valence-electron chi connectivity index (χ0n) is 10.5. The number of hydrogen-bond donors (Lipinski definition) is 3. The number of carbonyl (C=O) groups is 1. The van der Waals surface area contributed by atoms with Gasteiger partial charge in [-0.1, -0.05) is 30.3 Å². The molecule has 1 fully saturated rings. The molecule has 0 spiro atoms. The lowest BCUT2D eigenvalue weighted by Crippen LogP contribution is -2.29. The first-order valence-corrected chi connectivity index (χ1v) is 8.30. The zero-order chi connectivity index (χ0) is 13.9. The van der Waals surface area contributed by atoms with Crippen LogP contribution in [0.15, 0.2) is 30.3 Å². The van der Waals surface area contributed by atoms with Gasteiger partial charge in [0, 0.05) is 12.3 Å². The molecule has 0 amide bonds. The Labute approximate surface area is 112 Å². The van der Waals surface area contributed by atoms with Crippen molar-refractivity contribution >= 4 is 13.3 Å². The summed E-state index contributed by atoms with van der Waals surface area (Å²) in [6, 6.07) is 8.62. The van der Waals surface area contributed by atoms with E-state index in [4.69, 9.17) is 5.11 Å². The summed E-state index contributed by atoms with van der Waals surface area (Å²) in [6.07, 6.45) is 0.759. The summed E-state index contributed by atoms with van der Waals surface area (Å²) >= 11 is 0. The molecule has 0 aromatic heterocycles. The average Bonchev–Trinajstić information content (AvgIpc) is 2.77. The van der Waals surface area contributed by atoms with Gasteiger partial charge in [0.05, 0.1) is 0 Å². The Morgan fingerprint density at radius 2 is 2.05 bits per heavy atom. The molecule has 1 saturated heterocycles. The lowest BCUT2D eigenvalue weighted by Gasteiger charge is -2.15. The Bertz CT molecular complexity index is 491. The molecule has 3 unspecified atom stereocenters. The van der Waals surface area contributed by atoms with Crippen LogP contribution in [-0.4, -0.2) is 34.7 Å². The van der Waals surface area contributed by atoms with Crippen LogP contribution in [0.1, 0.15) is 12.0 Å². The largest absolute Gasteiger partial charge is 0.480 e. The number of rotatable bonds is 5. The first-order chi connectivity index (χ1) is 8.96. The van der Waals surface area contributed by atoms with Crippen molar-refractivity contribution in [2.45, 2.75) is 18.6 Å². The maximum Gasteiger partial charge on any atom is 0.320 e. The van der Waals surface area contributed by atoms with Gasteiger partial charge in [-0.2, -0.15) is 0 Å². The van der Waals surface area contributed by atoms with Gasteiger partial charge in [0.15, 0.2) is 0 Å². The predicted molar refractivity (Wildman–Crippen MR) is 72.4 cm³/mol. The number of aliphatic carboxylic acids is 1. The van der Waals surface area contributed by atoms with Gasteiger partial charge in [0.25, 0.3) is 0 Å². The third kappa shape index (κ3) is 4.16. The molecule has 1 aliphatic rings. The number of nitrogens with one attached hydrogen (secondary N) is 1. The molecule has 5 nitrogen and oxygen atoms in total. The topological polar surface area (TPSA) is 86.6 Å². The lowest BCUT2D eigenvalue weighted by molar-refractivity contribution is -0.139. The molecule has 0 radical (unpaired) electrons. The molecule has 104 valence electrons. The maximum atomic E-state index is 12.2. The van der Waals surface area contributed by atoms with Crippen LogP contribution in [0.5, 0.6) is 0 Å². The van der Waals surface area contributed by atoms with Crippen molar-refractivity contribution in [2.75, 3.05) is 12.7 Å². The first-order valence-electron chi connectivity index (χ1n) is 6.27. The van der Waals surface area contributed by atoms with E-state index < -0.39 is 19.4 Å². The van der Waals surface area contributed by atoms with Gasteiger partial charge in [0.1, 0.15) is 6.04 Å². The highest BCUT2D eigenvalue weighted by molar-refractivity contribution is 7.57. The molecule has 6 heteroatoms. The third-order valence-electron chi connectivity index (χ3n) is 3.34. The van der Waals surface area contributed by atoms with Gasteiger partial charge in [-0.15, -0.1) is 0 Å². The van der Waals surface area contributed by atoms with Crippen molar-refractivity contribution in [1.82, 2.24) is 5.32 Å². The molecule has 3 N–H and O–H groups in total. The maximum absolute atomic E-state index is 12.2. The molecule has 1 heterocycles. The van der Waals surface area contributed by atoms with Gasteiger partial charge in [-0.3, -0.25) is 9.36 Å². The van der Waals surface area contributed by atoms with Crippen molar-refractivity contribution in [3.63, 3.8) is 0 Å². The van der Waals surface area contributed by atoms with E-state index in [-0.39, 0.29) is 18.2 Å². The van der Waals surface area contributed by atoms with Crippen LogP contribution in [0.25, 0.3) is 0 Å². The van der Waals surface area contributed by atoms with Crippen molar-refractivity contribution in [3.05, 3.63) is 35.9 Å². The van der Waals surface area contributed by atoms with Gasteiger partial charge in [-0.25, -0.2) is 0 Å². The fraction of sp³-hybridized carbons (Fsp3) is 0.462. The molecular formula is C13H18NO4P. The quantitative estimate of drug-likeness (QED) is 0.713. The van der Waals surface area contributed by atoms with E-state index in [0.717, 1.165) is 5.56 Å². The van der Waals surface area contributed by atoms with Crippen LogP contribution in [0.4, 0.5) is 0 Å². The molecular weight excluding hydrogens is 265 g/mol. The standard InChI is InChI=1S/C13H18NO4P/c15-13(16)12-6-11(7-14-12)9-19(17,18)8-10-4-2-1-3-5-10/h1-5,11-12,14H,6-9H2,(H,15,16)(H,17,18). The highest BCUT2D eigenvalue weighted by Gasteiger charge is 2.33. The summed E-state index contributed by atoms with van der Waals surface area (Å²) in [5.41, 5.74) is 0.842. The Morgan fingerprint density at radius 1 is 1.37 bits per heavy atom. The van der Waals surface area contributed by atoms with Crippen LogP contribution in [0.3, 0.4) is 0 Å². The second-order valence-corrected chi connectivity index (χ2v) is 7.45. The molecule has 1 aromatic carbocycles. The minimum Gasteiger partial charge on any atom is -0.480 e. The second-order valence-electron chi connectivity index (χ2n) is 5.07. The summed E-state index contributed by atoms with van der Waals surface area (Å²) in [5, 5.41) is 11.7. The second kappa shape index (κ2) is 5.87. The van der Waals surface area contributed by atoms with Crippen LogP contribution in [0, 0.1) is 5.92 Å². The molecule has 2 rings (SSSR count). The van der Waals surface area contributed by atoms with Crippen LogP contribution < -0.4 is 5.32 Å². The normalized spacial score (nSPS) is 25.9. The summed E-state index contributed by atoms with van der Waals surface area (Å²) in [5.74, 6) is -0.932. The van der Waals surface area contributed by atoms with E-state index in [1.54, 1.807) is 0 Å². The number of carboxylic acids is 1. The van der Waals surface area contributed by atoms with Crippen LogP contribution >= 0.6 is 7.37 Å². The fourth-order valence-electron chi connectivity index (χ4n) is 2.47. The van der Waals surface area contributed by atoms with Gasteiger partial charge in [0.2, 0.25) is 7.37 Å². The van der Waals surface area contributed by atoms with Crippen molar-refractivity contribution < 1.29 is 19.4 Å². The molecule has 0 saturated carbocycles. The first kappa shape index (κ1) is 14.3. The summed E-state index contributed by atoms with van der Waals surface area (Å²) in [6.45, 7) is 0.496. The van der Waals surface area contributed by atoms with Gasteiger partial charge in [-0.05, 0) is 24.4 Å². The SMILES string of the molecule is O=C(O)C1CC(CP(=O)(O)Cc2ccccc2)CN1. The Morgan fingerprint density at radius 3 is 2.63 bits per heavy atom. The molecule has 0 bridgehead atoms. The van der Waals surface area contributed by atoms with Crippen LogP contribution in [-0.2, 0) is 15.5 Å². The molecule has 0 aliphatic carbocycles. The minimum atomic E-state index is -3.25. The zero-order valence-corrected chi connectivity index (χ0v) is 11.4. The van der Waals surface area contributed by atoms with Crippen LogP contribution in [0.2, 0.25) is 0 Å². The number of hydrogen-bond acceptors (Lipinski definition) is 3. The van der Waals surface area contributed by atoms with E-state index in [1.807, 2.05) is 30.3 Å². The Kier molecular flexibility index (Phi) is 4.40. The van der Waals surface area contributed by atoms with E-state index in [1.165, 1.54) is 0 Å². The summed E-state index contributed by atoms with van der Waals surface area (Å²) < 4.78 is 12.2. The third-order valence-corrected chi connectivity index (χ3v) is 5.28. The number of carboxylic acid groups (broad SMARTS) is 1. The lowest BCUT2D eigenvalue weighted by atomic mass is 10.1. The highest BCUT2D eigenvalue weighted by Crippen LogP contribution is 2.47. The molecule has 3 atom stereocenters. The number of benzene rings is 1.